The highest BCUT2D eigenvalue weighted by Crippen LogP contribution is 2.38. The smallest absolute Gasteiger partial charge is 0.165 e. The molecule has 6 N–H and O–H groups in total. The molecule has 1 aliphatic rings. The van der Waals surface area contributed by atoms with Crippen molar-refractivity contribution >= 4 is 17.0 Å². The number of anilines is 1. The maximum atomic E-state index is 10.2. The fourth-order valence-electron chi connectivity index (χ4n) is 2.95. The van der Waals surface area contributed by atoms with Crippen molar-refractivity contribution in [3.63, 3.8) is 0 Å². The van der Waals surface area contributed by atoms with E-state index in [2.05, 4.69) is 15.0 Å². The minimum Gasteiger partial charge on any atom is -0.394 e. The van der Waals surface area contributed by atoms with Crippen molar-refractivity contribution in [2.24, 2.45) is 5.92 Å². The Balaban J connectivity index is 1.98. The molecule has 2 aromatic rings. The molecule has 1 aliphatic carbocycles. The summed E-state index contributed by atoms with van der Waals surface area (Å²) in [6, 6.07) is -0.509. The molecule has 0 spiro atoms. The standard InChI is InChI=1S/C12H17N5O4/c13-11-8-12(15-3-14-11)17(4-16-8)6-1-5(7(19)2-18)9(20)10(6)21/h3-7,9-10,18-21H,1-2H2,(H2,13,14,15)/t5-,6-,7-,9-,10+/m1/s1. The summed E-state index contributed by atoms with van der Waals surface area (Å²) in [7, 11) is 0. The molecule has 9 nitrogen and oxygen atoms in total. The van der Waals surface area contributed by atoms with Crippen molar-refractivity contribution in [1.82, 2.24) is 19.5 Å². The summed E-state index contributed by atoms with van der Waals surface area (Å²) in [5.74, 6) is -0.384. The molecule has 0 amide bonds. The van der Waals surface area contributed by atoms with Crippen LogP contribution >= 0.6 is 0 Å². The van der Waals surface area contributed by atoms with Gasteiger partial charge in [0.05, 0.1) is 31.2 Å². The minimum absolute atomic E-state index is 0.235. The van der Waals surface area contributed by atoms with Gasteiger partial charge in [0, 0.05) is 5.92 Å². The largest absolute Gasteiger partial charge is 0.394 e. The van der Waals surface area contributed by atoms with Crippen molar-refractivity contribution < 1.29 is 20.4 Å². The Morgan fingerprint density at radius 2 is 2.05 bits per heavy atom. The van der Waals surface area contributed by atoms with Gasteiger partial charge in [-0.25, -0.2) is 15.0 Å². The second-order valence-electron chi connectivity index (χ2n) is 5.28. The molecule has 0 radical (unpaired) electrons. The lowest BCUT2D eigenvalue weighted by Crippen LogP contribution is -2.35. The summed E-state index contributed by atoms with van der Waals surface area (Å²) in [4.78, 5) is 12.1. The van der Waals surface area contributed by atoms with Crippen LogP contribution in [0.15, 0.2) is 12.7 Å². The van der Waals surface area contributed by atoms with Gasteiger partial charge in [-0.3, -0.25) is 0 Å². The van der Waals surface area contributed by atoms with Gasteiger partial charge >= 0.3 is 0 Å². The maximum Gasteiger partial charge on any atom is 0.165 e. The fourth-order valence-corrected chi connectivity index (χ4v) is 2.95. The van der Waals surface area contributed by atoms with Crippen molar-refractivity contribution in [3.05, 3.63) is 12.7 Å². The summed E-state index contributed by atoms with van der Waals surface area (Å²) in [6.45, 7) is -0.471. The number of aliphatic hydroxyl groups is 4. The predicted octanol–water partition coefficient (Wildman–Crippen LogP) is -1.96. The zero-order valence-corrected chi connectivity index (χ0v) is 11.1. The molecule has 5 atom stereocenters. The van der Waals surface area contributed by atoms with E-state index in [1.54, 1.807) is 4.57 Å². The number of nitrogens with two attached hydrogens (primary N) is 1. The molecule has 3 rings (SSSR count). The maximum absolute atomic E-state index is 10.2. The van der Waals surface area contributed by atoms with Crippen LogP contribution in [0.1, 0.15) is 12.5 Å². The van der Waals surface area contributed by atoms with Gasteiger partial charge in [0.25, 0.3) is 0 Å². The number of hydrogen-bond donors (Lipinski definition) is 5. The Morgan fingerprint density at radius 3 is 2.76 bits per heavy atom. The zero-order valence-electron chi connectivity index (χ0n) is 11.1. The van der Waals surface area contributed by atoms with Crippen molar-refractivity contribution in [1.29, 1.82) is 0 Å². The van der Waals surface area contributed by atoms with Gasteiger partial charge in [-0.2, -0.15) is 0 Å². The highest BCUT2D eigenvalue weighted by Gasteiger charge is 2.45. The van der Waals surface area contributed by atoms with Crippen molar-refractivity contribution in [2.75, 3.05) is 12.3 Å². The lowest BCUT2D eigenvalue weighted by atomic mass is 9.99. The molecule has 1 saturated carbocycles. The lowest BCUT2D eigenvalue weighted by Gasteiger charge is -2.20. The van der Waals surface area contributed by atoms with Crippen LogP contribution in [0.4, 0.5) is 5.82 Å². The third-order valence-corrected chi connectivity index (χ3v) is 4.12. The highest BCUT2D eigenvalue weighted by atomic mass is 16.3. The first-order valence-corrected chi connectivity index (χ1v) is 6.62. The van der Waals surface area contributed by atoms with E-state index in [0.717, 1.165) is 0 Å². The molecule has 0 bridgehead atoms. The van der Waals surface area contributed by atoms with Gasteiger partial charge in [0.1, 0.15) is 17.9 Å². The first-order valence-electron chi connectivity index (χ1n) is 6.62. The zero-order chi connectivity index (χ0) is 15.1. The van der Waals surface area contributed by atoms with Gasteiger partial charge < -0.3 is 30.7 Å². The number of nitrogens with zero attached hydrogens (tertiary/aromatic N) is 4. The van der Waals surface area contributed by atoms with E-state index in [9.17, 15) is 15.3 Å². The number of aromatic nitrogens is 4. The molecule has 2 aromatic heterocycles. The summed E-state index contributed by atoms with van der Waals surface area (Å²) in [5, 5.41) is 39.0. The monoisotopic (exact) mass is 295 g/mol. The van der Waals surface area contributed by atoms with E-state index in [1.165, 1.54) is 12.7 Å². The summed E-state index contributed by atoms with van der Waals surface area (Å²) < 4.78 is 1.62. The molecule has 114 valence electrons. The van der Waals surface area contributed by atoms with Crippen LogP contribution in [-0.2, 0) is 0 Å². The molecule has 0 aromatic carbocycles. The van der Waals surface area contributed by atoms with E-state index in [4.69, 9.17) is 10.8 Å². The van der Waals surface area contributed by atoms with Crippen LogP contribution in [0.3, 0.4) is 0 Å². The summed E-state index contributed by atoms with van der Waals surface area (Å²) in [5.41, 5.74) is 6.59. The first-order chi connectivity index (χ1) is 10.0. The Bertz CT molecular complexity index is 648. The lowest BCUT2D eigenvalue weighted by molar-refractivity contribution is -0.0394. The molecule has 2 heterocycles. The average Bonchev–Trinajstić information content (AvgIpc) is 3.02. The van der Waals surface area contributed by atoms with Crippen LogP contribution in [0, 0.1) is 5.92 Å². The van der Waals surface area contributed by atoms with Gasteiger partial charge in [-0.05, 0) is 6.42 Å². The molecular formula is C12H17N5O4. The molecule has 9 heteroatoms. The number of hydrogen-bond acceptors (Lipinski definition) is 8. The van der Waals surface area contributed by atoms with E-state index >= 15 is 0 Å². The van der Waals surface area contributed by atoms with E-state index in [0.29, 0.717) is 17.6 Å². The van der Waals surface area contributed by atoms with Gasteiger partial charge in [-0.15, -0.1) is 0 Å². The van der Waals surface area contributed by atoms with Crippen LogP contribution in [0.2, 0.25) is 0 Å². The Labute approximate surface area is 119 Å². The summed E-state index contributed by atoms with van der Waals surface area (Å²) >= 11 is 0. The Hall–Kier alpha value is -1.81. The predicted molar refractivity (Wildman–Crippen MR) is 72.0 cm³/mol. The fraction of sp³-hybridized carbons (Fsp3) is 0.583. The van der Waals surface area contributed by atoms with Gasteiger partial charge in [0.2, 0.25) is 0 Å². The Kier molecular flexibility index (Phi) is 3.49. The van der Waals surface area contributed by atoms with Gasteiger partial charge in [-0.1, -0.05) is 0 Å². The second kappa shape index (κ2) is 5.19. The average molecular weight is 295 g/mol. The molecule has 21 heavy (non-hydrogen) atoms. The van der Waals surface area contributed by atoms with Crippen LogP contribution in [0.25, 0.3) is 11.2 Å². The summed E-state index contributed by atoms with van der Waals surface area (Å²) in [6.07, 6.45) is -0.246. The third-order valence-electron chi connectivity index (χ3n) is 4.12. The Morgan fingerprint density at radius 1 is 1.29 bits per heavy atom. The quantitative estimate of drug-likeness (QED) is 0.438. The van der Waals surface area contributed by atoms with E-state index in [1.807, 2.05) is 0 Å². The van der Waals surface area contributed by atoms with E-state index in [-0.39, 0.29) is 5.82 Å². The van der Waals surface area contributed by atoms with Crippen molar-refractivity contribution in [3.8, 4) is 0 Å². The first kappa shape index (κ1) is 14.1. The molecule has 0 unspecified atom stereocenters. The number of aliphatic hydroxyl groups excluding tert-OH is 4. The minimum atomic E-state index is -1.13. The second-order valence-corrected chi connectivity index (χ2v) is 5.28. The highest BCUT2D eigenvalue weighted by molar-refractivity contribution is 5.81. The topological polar surface area (TPSA) is 151 Å². The number of imidazole rings is 1. The van der Waals surface area contributed by atoms with Crippen molar-refractivity contribution in [2.45, 2.75) is 30.8 Å². The molecule has 1 fully saturated rings. The van der Waals surface area contributed by atoms with Crippen LogP contribution < -0.4 is 5.73 Å². The molecular weight excluding hydrogens is 278 g/mol. The molecule has 0 saturated heterocycles. The number of nitrogen functional groups attached to an aromatic ring is 1. The van der Waals surface area contributed by atoms with E-state index < -0.39 is 36.9 Å². The SMILES string of the molecule is Nc1ncnc2c1ncn2[C@@H]1C[C@H]([C@H](O)CO)[C@@H](O)[C@H]1O. The van der Waals surface area contributed by atoms with Crippen LogP contribution in [0.5, 0.6) is 0 Å². The number of fused-ring (bicyclic) bond motifs is 1. The van der Waals surface area contributed by atoms with Gasteiger partial charge in [0.15, 0.2) is 11.5 Å². The third kappa shape index (κ3) is 2.14. The van der Waals surface area contributed by atoms with Crippen LogP contribution in [-0.4, -0.2) is 64.9 Å². The normalized spacial score (nSPS) is 30.9. The number of rotatable bonds is 3. The molecule has 0 aliphatic heterocycles.